The lowest BCUT2D eigenvalue weighted by molar-refractivity contribution is 0.258. The van der Waals surface area contributed by atoms with Gasteiger partial charge in [0.1, 0.15) is 0 Å². The zero-order chi connectivity index (χ0) is 9.78. The van der Waals surface area contributed by atoms with Gasteiger partial charge in [0.25, 0.3) is 0 Å². The monoisotopic (exact) mass is 252 g/mol. The van der Waals surface area contributed by atoms with Crippen LogP contribution in [0.5, 0.6) is 0 Å². The van der Waals surface area contributed by atoms with Gasteiger partial charge >= 0.3 is 0 Å². The molecule has 74 valence electrons. The molecule has 1 nitrogen and oxygen atoms in total. The highest BCUT2D eigenvalue weighted by atomic mass is 35.6. The molecule has 0 spiro atoms. The molecule has 0 aliphatic heterocycles. The lowest BCUT2D eigenvalue weighted by Gasteiger charge is -2.20. The molecule has 0 aromatic heterocycles. The van der Waals surface area contributed by atoms with Crippen LogP contribution in [0, 0.1) is 5.92 Å². The normalized spacial score (nSPS) is 17.5. The standard InChI is InChI=1S/C7H12Cl4O/c1-5(2-3-12)6(8)4-7(9,10)11/h5-6,12H,2-4H2,1H3. The summed E-state index contributed by atoms with van der Waals surface area (Å²) in [6, 6.07) is 0. The van der Waals surface area contributed by atoms with Crippen LogP contribution >= 0.6 is 46.4 Å². The van der Waals surface area contributed by atoms with Crippen LogP contribution in [-0.4, -0.2) is 20.9 Å². The Morgan fingerprint density at radius 1 is 1.33 bits per heavy atom. The topological polar surface area (TPSA) is 20.2 Å². The molecule has 2 atom stereocenters. The molecule has 0 saturated heterocycles. The maximum absolute atomic E-state index is 8.63. The molecule has 5 heteroatoms. The predicted octanol–water partition coefficient (Wildman–Crippen LogP) is 3.37. The van der Waals surface area contributed by atoms with Gasteiger partial charge in [0.15, 0.2) is 3.79 Å². The summed E-state index contributed by atoms with van der Waals surface area (Å²) in [4.78, 5) is 0. The van der Waals surface area contributed by atoms with Gasteiger partial charge in [-0.25, -0.2) is 0 Å². The number of aliphatic hydroxyl groups excluding tert-OH is 1. The molecule has 0 heterocycles. The Morgan fingerprint density at radius 2 is 1.83 bits per heavy atom. The van der Waals surface area contributed by atoms with Crippen LogP contribution in [0.25, 0.3) is 0 Å². The number of halogens is 4. The SMILES string of the molecule is CC(CCO)C(Cl)CC(Cl)(Cl)Cl. The Labute approximate surface area is 92.9 Å². The van der Waals surface area contributed by atoms with Gasteiger partial charge in [-0.15, -0.1) is 11.6 Å². The molecule has 0 saturated carbocycles. The van der Waals surface area contributed by atoms with Crippen molar-refractivity contribution in [2.45, 2.75) is 28.9 Å². The van der Waals surface area contributed by atoms with Crippen molar-refractivity contribution in [3.05, 3.63) is 0 Å². The van der Waals surface area contributed by atoms with E-state index in [1.807, 2.05) is 6.92 Å². The summed E-state index contributed by atoms with van der Waals surface area (Å²) in [5.74, 6) is 0.160. The van der Waals surface area contributed by atoms with E-state index in [0.29, 0.717) is 12.8 Å². The quantitative estimate of drug-likeness (QED) is 0.762. The third-order valence-corrected chi connectivity index (χ3v) is 2.68. The first-order valence-electron chi connectivity index (χ1n) is 3.68. The highest BCUT2D eigenvalue weighted by Gasteiger charge is 2.27. The minimum atomic E-state index is -1.30. The van der Waals surface area contributed by atoms with E-state index in [-0.39, 0.29) is 17.9 Å². The van der Waals surface area contributed by atoms with Gasteiger partial charge in [-0.1, -0.05) is 41.7 Å². The van der Waals surface area contributed by atoms with Gasteiger partial charge in [-0.2, -0.15) is 0 Å². The van der Waals surface area contributed by atoms with E-state index < -0.39 is 3.79 Å². The molecule has 0 amide bonds. The first-order chi connectivity index (χ1) is 5.37. The lowest BCUT2D eigenvalue weighted by atomic mass is 10.0. The van der Waals surface area contributed by atoms with Crippen LogP contribution < -0.4 is 0 Å². The van der Waals surface area contributed by atoms with Gasteiger partial charge in [-0.05, 0) is 12.3 Å². The molecule has 0 fully saturated rings. The van der Waals surface area contributed by atoms with E-state index in [2.05, 4.69) is 0 Å². The summed E-state index contributed by atoms with van der Waals surface area (Å²) in [5, 5.41) is 8.42. The zero-order valence-electron chi connectivity index (χ0n) is 6.74. The fraction of sp³-hybridized carbons (Fsp3) is 1.00. The van der Waals surface area contributed by atoms with Gasteiger partial charge in [-0.3, -0.25) is 0 Å². The van der Waals surface area contributed by atoms with Gasteiger partial charge in [0, 0.05) is 18.4 Å². The Bertz CT molecular complexity index is 123. The molecule has 0 radical (unpaired) electrons. The van der Waals surface area contributed by atoms with E-state index in [9.17, 15) is 0 Å². The average Bonchev–Trinajstić information content (AvgIpc) is 1.84. The highest BCUT2D eigenvalue weighted by molar-refractivity contribution is 6.67. The molecule has 0 bridgehead atoms. The maximum Gasteiger partial charge on any atom is 0.192 e. The van der Waals surface area contributed by atoms with Crippen LogP contribution in [-0.2, 0) is 0 Å². The van der Waals surface area contributed by atoms with Crippen molar-refractivity contribution in [2.24, 2.45) is 5.92 Å². The third kappa shape index (κ3) is 6.62. The summed E-state index contributed by atoms with van der Waals surface area (Å²) in [6.45, 7) is 2.04. The molecule has 12 heavy (non-hydrogen) atoms. The summed E-state index contributed by atoms with van der Waals surface area (Å²) >= 11 is 22.6. The van der Waals surface area contributed by atoms with Gasteiger partial charge in [0.2, 0.25) is 0 Å². The second-order valence-corrected chi connectivity index (χ2v) is 5.90. The second-order valence-electron chi connectivity index (χ2n) is 2.82. The summed E-state index contributed by atoms with van der Waals surface area (Å²) in [5.41, 5.74) is 0. The minimum absolute atomic E-state index is 0.115. The van der Waals surface area contributed by atoms with E-state index >= 15 is 0 Å². The largest absolute Gasteiger partial charge is 0.396 e. The van der Waals surface area contributed by atoms with Crippen molar-refractivity contribution in [3.63, 3.8) is 0 Å². The molecule has 0 aromatic rings. The minimum Gasteiger partial charge on any atom is -0.396 e. The lowest BCUT2D eigenvalue weighted by Crippen LogP contribution is -2.19. The number of hydrogen-bond donors (Lipinski definition) is 1. The molecule has 2 unspecified atom stereocenters. The van der Waals surface area contributed by atoms with E-state index in [1.54, 1.807) is 0 Å². The van der Waals surface area contributed by atoms with Crippen molar-refractivity contribution in [2.75, 3.05) is 6.61 Å². The molecule has 0 aliphatic rings. The fourth-order valence-corrected chi connectivity index (χ4v) is 1.90. The maximum atomic E-state index is 8.63. The van der Waals surface area contributed by atoms with Crippen molar-refractivity contribution < 1.29 is 5.11 Å². The smallest absolute Gasteiger partial charge is 0.192 e. The summed E-state index contributed by atoms with van der Waals surface area (Å²) in [6.07, 6.45) is 0.940. The van der Waals surface area contributed by atoms with Crippen LogP contribution in [0.15, 0.2) is 0 Å². The van der Waals surface area contributed by atoms with Crippen molar-refractivity contribution in [3.8, 4) is 0 Å². The fourth-order valence-electron chi connectivity index (χ4n) is 0.807. The van der Waals surface area contributed by atoms with Crippen LogP contribution in [0.2, 0.25) is 0 Å². The zero-order valence-corrected chi connectivity index (χ0v) is 9.76. The Kier molecular flexibility index (Phi) is 6.31. The Balaban J connectivity index is 3.78. The first kappa shape index (κ1) is 13.1. The molecule has 0 aromatic carbocycles. The van der Waals surface area contributed by atoms with Gasteiger partial charge in [0.05, 0.1) is 0 Å². The molecule has 0 aliphatic carbocycles. The van der Waals surface area contributed by atoms with Gasteiger partial charge < -0.3 is 5.11 Å². The molecular formula is C7H12Cl4O. The summed E-state index contributed by atoms with van der Waals surface area (Å²) in [7, 11) is 0. The molecule has 0 rings (SSSR count). The van der Waals surface area contributed by atoms with Crippen molar-refractivity contribution >= 4 is 46.4 Å². The van der Waals surface area contributed by atoms with Crippen LogP contribution in [0.1, 0.15) is 19.8 Å². The molecular weight excluding hydrogens is 242 g/mol. The number of hydrogen-bond acceptors (Lipinski definition) is 1. The number of alkyl halides is 4. The van der Waals surface area contributed by atoms with Crippen LogP contribution in [0.3, 0.4) is 0 Å². The number of aliphatic hydroxyl groups is 1. The van der Waals surface area contributed by atoms with E-state index in [0.717, 1.165) is 0 Å². The third-order valence-electron chi connectivity index (χ3n) is 1.63. The van der Waals surface area contributed by atoms with E-state index in [1.165, 1.54) is 0 Å². The Morgan fingerprint density at radius 3 is 2.17 bits per heavy atom. The Hall–Kier alpha value is 1.12. The average molecular weight is 254 g/mol. The molecule has 1 N–H and O–H groups in total. The van der Waals surface area contributed by atoms with E-state index in [4.69, 9.17) is 51.5 Å². The number of rotatable bonds is 4. The first-order valence-corrected chi connectivity index (χ1v) is 5.25. The summed E-state index contributed by atoms with van der Waals surface area (Å²) < 4.78 is -1.30. The highest BCUT2D eigenvalue weighted by Crippen LogP contribution is 2.35. The van der Waals surface area contributed by atoms with Crippen molar-refractivity contribution in [1.29, 1.82) is 0 Å². The van der Waals surface area contributed by atoms with Crippen molar-refractivity contribution in [1.82, 2.24) is 0 Å². The van der Waals surface area contributed by atoms with Crippen LogP contribution in [0.4, 0.5) is 0 Å². The second kappa shape index (κ2) is 5.77. The predicted molar refractivity (Wildman–Crippen MR) is 55.4 cm³/mol.